The molecule has 2 aromatic heterocycles. The molecule has 1 atom stereocenters. The zero-order valence-electron chi connectivity index (χ0n) is 19.2. The van der Waals surface area contributed by atoms with Crippen LogP contribution in [0.1, 0.15) is 33.6 Å². The SMILES string of the molecule is C/C=C1\N=C(C)n2c3nc(Nc4ccc(OC)cc4)ncc3c(=O)n2C/C=C\CC[C@]1(C)O. The molecule has 1 aliphatic rings. The Morgan fingerprint density at radius 2 is 2.00 bits per heavy atom. The van der Waals surface area contributed by atoms with Gasteiger partial charge in [-0.05, 0) is 57.9 Å². The molecule has 0 bridgehead atoms. The molecule has 0 unspecified atom stereocenters. The van der Waals surface area contributed by atoms with E-state index in [1.165, 1.54) is 6.20 Å². The maximum Gasteiger partial charge on any atom is 0.278 e. The first-order valence-corrected chi connectivity index (χ1v) is 10.8. The number of anilines is 2. The smallest absolute Gasteiger partial charge is 0.278 e. The number of rotatable bonds is 3. The summed E-state index contributed by atoms with van der Waals surface area (Å²) in [4.78, 5) is 26.8. The van der Waals surface area contributed by atoms with Crippen LogP contribution in [-0.4, -0.2) is 43.0 Å². The topological polar surface area (TPSA) is 107 Å². The Labute approximate surface area is 191 Å². The zero-order chi connectivity index (χ0) is 23.6. The van der Waals surface area contributed by atoms with Crippen molar-refractivity contribution in [2.45, 2.75) is 45.8 Å². The summed E-state index contributed by atoms with van der Waals surface area (Å²) in [5.41, 5.74) is 0.481. The second-order valence-corrected chi connectivity index (χ2v) is 8.10. The number of aliphatic imine (C=N–C) groups is 1. The van der Waals surface area contributed by atoms with Crippen LogP contribution in [0, 0.1) is 0 Å². The Morgan fingerprint density at radius 1 is 1.24 bits per heavy atom. The molecular formula is C24H28N6O3. The van der Waals surface area contributed by atoms with E-state index in [2.05, 4.69) is 15.3 Å². The van der Waals surface area contributed by atoms with Gasteiger partial charge in [0.05, 0.1) is 19.4 Å². The molecule has 3 heterocycles. The summed E-state index contributed by atoms with van der Waals surface area (Å²) >= 11 is 0. The van der Waals surface area contributed by atoms with Gasteiger partial charge in [-0.15, -0.1) is 0 Å². The van der Waals surface area contributed by atoms with Crippen molar-refractivity contribution in [1.29, 1.82) is 0 Å². The molecule has 1 aliphatic heterocycles. The van der Waals surface area contributed by atoms with Crippen molar-refractivity contribution < 1.29 is 9.84 Å². The van der Waals surface area contributed by atoms with Crippen molar-refractivity contribution in [1.82, 2.24) is 19.3 Å². The fourth-order valence-corrected chi connectivity index (χ4v) is 3.89. The molecule has 0 fully saturated rings. The zero-order valence-corrected chi connectivity index (χ0v) is 19.2. The summed E-state index contributed by atoms with van der Waals surface area (Å²) in [5, 5.41) is 14.5. The number of methoxy groups -OCH3 is 1. The van der Waals surface area contributed by atoms with Crippen LogP contribution < -0.4 is 15.6 Å². The average Bonchev–Trinajstić information content (AvgIpc) is 3.07. The number of fused-ring (bicyclic) bond motifs is 3. The van der Waals surface area contributed by atoms with Gasteiger partial charge in [-0.25, -0.2) is 19.3 Å². The Balaban J connectivity index is 1.85. The van der Waals surface area contributed by atoms with E-state index in [0.29, 0.717) is 47.9 Å². The Hall–Kier alpha value is -3.72. The summed E-state index contributed by atoms with van der Waals surface area (Å²) in [6.07, 6.45) is 8.42. The number of aromatic nitrogens is 4. The second-order valence-electron chi connectivity index (χ2n) is 8.10. The molecule has 172 valence electrons. The van der Waals surface area contributed by atoms with Crippen molar-refractivity contribution in [3.8, 4) is 5.75 Å². The first-order valence-electron chi connectivity index (χ1n) is 10.8. The van der Waals surface area contributed by atoms with Crippen LogP contribution in [0.4, 0.5) is 11.6 Å². The predicted octanol–water partition coefficient (Wildman–Crippen LogP) is 3.62. The first kappa shape index (κ1) is 22.5. The third-order valence-electron chi connectivity index (χ3n) is 5.68. The van der Waals surface area contributed by atoms with Crippen LogP contribution in [0.3, 0.4) is 0 Å². The molecule has 0 aliphatic carbocycles. The molecular weight excluding hydrogens is 420 g/mol. The molecule has 9 heteroatoms. The molecule has 3 aromatic rings. The van der Waals surface area contributed by atoms with Crippen LogP contribution in [0.2, 0.25) is 0 Å². The van der Waals surface area contributed by atoms with Crippen molar-refractivity contribution in [2.75, 3.05) is 12.4 Å². The molecule has 4 rings (SSSR count). The number of allylic oxidation sites excluding steroid dienone is 3. The fourth-order valence-electron chi connectivity index (χ4n) is 3.89. The van der Waals surface area contributed by atoms with Gasteiger partial charge in [-0.1, -0.05) is 18.2 Å². The lowest BCUT2D eigenvalue weighted by Crippen LogP contribution is -2.29. The monoisotopic (exact) mass is 448 g/mol. The normalized spacial score (nSPS) is 21.2. The number of hydrogen-bond acceptors (Lipinski definition) is 7. The summed E-state index contributed by atoms with van der Waals surface area (Å²) in [6.45, 7) is 5.76. The minimum atomic E-state index is -1.09. The molecule has 1 aromatic carbocycles. The number of nitrogens with zero attached hydrogens (tertiary/aromatic N) is 5. The summed E-state index contributed by atoms with van der Waals surface area (Å²) in [6, 6.07) is 7.39. The summed E-state index contributed by atoms with van der Waals surface area (Å²) in [7, 11) is 1.61. The molecule has 0 spiro atoms. The van der Waals surface area contributed by atoms with Gasteiger partial charge < -0.3 is 15.2 Å². The van der Waals surface area contributed by atoms with Crippen molar-refractivity contribution in [3.05, 3.63) is 64.7 Å². The lowest BCUT2D eigenvalue weighted by atomic mass is 9.95. The predicted molar refractivity (Wildman–Crippen MR) is 129 cm³/mol. The highest BCUT2D eigenvalue weighted by atomic mass is 16.5. The Morgan fingerprint density at radius 3 is 2.70 bits per heavy atom. The van der Waals surface area contributed by atoms with Crippen molar-refractivity contribution in [2.24, 2.45) is 4.99 Å². The molecule has 0 radical (unpaired) electrons. The molecule has 33 heavy (non-hydrogen) atoms. The van der Waals surface area contributed by atoms with Gasteiger partial charge in [-0.3, -0.25) is 4.79 Å². The third kappa shape index (κ3) is 4.45. The maximum atomic E-state index is 13.2. The van der Waals surface area contributed by atoms with E-state index in [-0.39, 0.29) is 5.56 Å². The number of nitrogens with one attached hydrogen (secondary N) is 1. The van der Waals surface area contributed by atoms with E-state index in [1.807, 2.05) is 43.3 Å². The van der Waals surface area contributed by atoms with Gasteiger partial charge in [0.2, 0.25) is 5.95 Å². The van der Waals surface area contributed by atoms with E-state index >= 15 is 0 Å². The van der Waals surface area contributed by atoms with E-state index in [1.54, 1.807) is 36.4 Å². The van der Waals surface area contributed by atoms with E-state index < -0.39 is 5.60 Å². The highest BCUT2D eigenvalue weighted by molar-refractivity contribution is 5.91. The van der Waals surface area contributed by atoms with Gasteiger partial charge >= 0.3 is 0 Å². The van der Waals surface area contributed by atoms with E-state index in [0.717, 1.165) is 11.4 Å². The molecule has 9 nitrogen and oxygen atoms in total. The second kappa shape index (κ2) is 9.03. The Bertz CT molecular complexity index is 1310. The summed E-state index contributed by atoms with van der Waals surface area (Å²) in [5.74, 6) is 1.63. The largest absolute Gasteiger partial charge is 0.497 e. The lowest BCUT2D eigenvalue weighted by molar-refractivity contribution is 0.0886. The number of benzene rings is 1. The quantitative estimate of drug-likeness (QED) is 0.593. The lowest BCUT2D eigenvalue weighted by Gasteiger charge is -2.23. The molecule has 0 saturated carbocycles. The van der Waals surface area contributed by atoms with Crippen LogP contribution in [-0.2, 0) is 6.54 Å². The minimum Gasteiger partial charge on any atom is -0.497 e. The molecule has 0 amide bonds. The molecule has 2 N–H and O–H groups in total. The first-order chi connectivity index (χ1) is 15.8. The summed E-state index contributed by atoms with van der Waals surface area (Å²) < 4.78 is 8.47. The Kier molecular flexibility index (Phi) is 6.15. The van der Waals surface area contributed by atoms with Crippen LogP contribution in [0.15, 0.2) is 64.2 Å². The third-order valence-corrected chi connectivity index (χ3v) is 5.68. The van der Waals surface area contributed by atoms with Crippen molar-refractivity contribution >= 4 is 28.5 Å². The van der Waals surface area contributed by atoms with Crippen LogP contribution in [0.25, 0.3) is 11.0 Å². The highest BCUT2D eigenvalue weighted by Crippen LogP contribution is 2.25. The van der Waals surface area contributed by atoms with Gasteiger partial charge in [-0.2, -0.15) is 4.98 Å². The number of aliphatic hydroxyl groups is 1. The van der Waals surface area contributed by atoms with Crippen molar-refractivity contribution in [3.63, 3.8) is 0 Å². The fraction of sp³-hybridized carbons (Fsp3) is 0.333. The maximum absolute atomic E-state index is 13.2. The number of ether oxygens (including phenoxy) is 1. The number of hydrogen-bond donors (Lipinski definition) is 2. The average molecular weight is 449 g/mol. The van der Waals surface area contributed by atoms with E-state index in [9.17, 15) is 9.90 Å². The van der Waals surface area contributed by atoms with Gasteiger partial charge in [0.15, 0.2) is 5.65 Å². The standard InChI is InChI=1S/C24H28N6O3/c1-5-20-24(3,32)13-7-6-8-14-29-22(31)19-15-25-23(28-21(19)30(29)16(2)26-20)27-17-9-11-18(33-4)12-10-17/h5-6,8-12,15,32H,7,13-14H2,1-4H3,(H,25,27,28)/b8-6-,20-5-,26-16?/t24-/m0/s1. The van der Waals surface area contributed by atoms with Gasteiger partial charge in [0.25, 0.3) is 5.56 Å². The van der Waals surface area contributed by atoms with Crippen LogP contribution in [0.5, 0.6) is 5.75 Å². The van der Waals surface area contributed by atoms with E-state index in [4.69, 9.17) is 9.73 Å². The minimum absolute atomic E-state index is 0.201. The highest BCUT2D eigenvalue weighted by Gasteiger charge is 2.26. The van der Waals surface area contributed by atoms with Gasteiger partial charge in [0, 0.05) is 11.9 Å². The molecule has 0 saturated heterocycles. The van der Waals surface area contributed by atoms with Crippen LogP contribution >= 0.6 is 0 Å². The van der Waals surface area contributed by atoms with Gasteiger partial charge in [0.1, 0.15) is 22.6 Å².